The minimum absolute atomic E-state index is 0.106. The Hall–Kier alpha value is -0.960. The first kappa shape index (κ1) is 13.5. The van der Waals surface area contributed by atoms with Crippen molar-refractivity contribution < 1.29 is 14.7 Å². The third kappa shape index (κ3) is 1.95. The van der Waals surface area contributed by atoms with E-state index in [2.05, 4.69) is 0 Å². The Morgan fingerprint density at radius 3 is 2.67 bits per heavy atom. The number of rotatable bonds is 2. The van der Waals surface area contributed by atoms with E-state index in [9.17, 15) is 14.7 Å². The summed E-state index contributed by atoms with van der Waals surface area (Å²) >= 11 is 0. The minimum Gasteiger partial charge on any atom is -0.396 e. The maximum Gasteiger partial charge on any atom is 0.158 e. The van der Waals surface area contributed by atoms with E-state index in [1.165, 1.54) is 0 Å². The van der Waals surface area contributed by atoms with Crippen molar-refractivity contribution in [2.75, 3.05) is 6.61 Å². The lowest BCUT2D eigenvalue weighted by molar-refractivity contribution is -0.131. The predicted octanol–water partition coefficient (Wildman–Crippen LogP) is 2.28. The zero-order chi connectivity index (χ0) is 13.5. The van der Waals surface area contributed by atoms with Crippen molar-refractivity contribution in [1.29, 1.82) is 0 Å². The molecule has 3 nitrogen and oxygen atoms in total. The molecule has 2 rings (SSSR count). The van der Waals surface area contributed by atoms with Gasteiger partial charge in [-0.3, -0.25) is 9.59 Å². The van der Waals surface area contributed by atoms with Crippen LogP contribution in [0.5, 0.6) is 0 Å². The molecule has 0 radical (unpaired) electrons. The van der Waals surface area contributed by atoms with Crippen LogP contribution in [0.15, 0.2) is 11.1 Å². The molecule has 0 aromatic heterocycles. The first-order chi connectivity index (χ1) is 8.40. The maximum absolute atomic E-state index is 12.4. The van der Waals surface area contributed by atoms with Gasteiger partial charge in [-0.2, -0.15) is 0 Å². The van der Waals surface area contributed by atoms with Gasteiger partial charge in [0.1, 0.15) is 5.78 Å². The molecule has 2 aliphatic carbocycles. The molecular weight excluding hydrogens is 228 g/mol. The zero-order valence-electron chi connectivity index (χ0n) is 11.5. The van der Waals surface area contributed by atoms with Crippen LogP contribution >= 0.6 is 0 Å². The van der Waals surface area contributed by atoms with Crippen molar-refractivity contribution in [2.24, 2.45) is 17.3 Å². The lowest BCUT2D eigenvalue weighted by Crippen LogP contribution is -2.42. The fourth-order valence-electron chi connectivity index (χ4n) is 3.32. The van der Waals surface area contributed by atoms with Gasteiger partial charge in [-0.05, 0) is 44.1 Å². The van der Waals surface area contributed by atoms with E-state index in [0.717, 1.165) is 17.6 Å². The number of aliphatic hydroxyl groups is 1. The highest BCUT2D eigenvalue weighted by atomic mass is 16.3. The van der Waals surface area contributed by atoms with Gasteiger partial charge in [0.05, 0.1) is 0 Å². The standard InChI is InChI=1S/C15H22O3/c1-9(8-16)11-6-12-10(2)13(17)4-5-15(12,3)14(18)7-11/h9,11,16H,4-8H2,1-3H3/t9?,11-,15-/m0/s1. The first-order valence-electron chi connectivity index (χ1n) is 6.77. The molecule has 0 aromatic carbocycles. The molecule has 2 aliphatic rings. The van der Waals surface area contributed by atoms with Gasteiger partial charge in [-0.1, -0.05) is 12.5 Å². The molecule has 0 aliphatic heterocycles. The number of Topliss-reactive ketones (excluding diaryl/α,β-unsaturated/α-hetero) is 2. The van der Waals surface area contributed by atoms with E-state index in [-0.39, 0.29) is 30.0 Å². The van der Waals surface area contributed by atoms with Gasteiger partial charge in [-0.15, -0.1) is 0 Å². The van der Waals surface area contributed by atoms with Crippen LogP contribution in [0, 0.1) is 17.3 Å². The number of aliphatic hydroxyl groups excluding tert-OH is 1. The molecule has 1 unspecified atom stereocenters. The molecule has 0 heterocycles. The number of allylic oxidation sites excluding steroid dienone is 2. The summed E-state index contributed by atoms with van der Waals surface area (Å²) in [4.78, 5) is 24.2. The van der Waals surface area contributed by atoms with E-state index in [1.807, 2.05) is 20.8 Å². The topological polar surface area (TPSA) is 54.4 Å². The van der Waals surface area contributed by atoms with Gasteiger partial charge in [0, 0.05) is 24.9 Å². The van der Waals surface area contributed by atoms with Crippen molar-refractivity contribution in [1.82, 2.24) is 0 Å². The lowest BCUT2D eigenvalue weighted by Gasteiger charge is -2.43. The van der Waals surface area contributed by atoms with Gasteiger partial charge < -0.3 is 5.11 Å². The van der Waals surface area contributed by atoms with Gasteiger partial charge in [0.25, 0.3) is 0 Å². The maximum atomic E-state index is 12.4. The van der Waals surface area contributed by atoms with Crippen LogP contribution in [0.2, 0.25) is 0 Å². The second-order valence-electron chi connectivity index (χ2n) is 6.11. The molecule has 3 atom stereocenters. The summed E-state index contributed by atoms with van der Waals surface area (Å²) in [6.45, 7) is 5.92. The van der Waals surface area contributed by atoms with Gasteiger partial charge in [0.2, 0.25) is 0 Å². The molecule has 1 saturated carbocycles. The molecule has 0 spiro atoms. The monoisotopic (exact) mass is 250 g/mol. The van der Waals surface area contributed by atoms with Crippen molar-refractivity contribution in [3.63, 3.8) is 0 Å². The number of carbonyl (C=O) groups excluding carboxylic acids is 2. The smallest absolute Gasteiger partial charge is 0.158 e. The van der Waals surface area contributed by atoms with E-state index in [0.29, 0.717) is 19.3 Å². The number of carbonyl (C=O) groups is 2. The molecular formula is C15H22O3. The largest absolute Gasteiger partial charge is 0.396 e. The minimum atomic E-state index is -0.413. The van der Waals surface area contributed by atoms with Crippen molar-refractivity contribution >= 4 is 11.6 Å². The summed E-state index contributed by atoms with van der Waals surface area (Å²) in [5, 5.41) is 9.26. The van der Waals surface area contributed by atoms with Crippen LogP contribution in [0.4, 0.5) is 0 Å². The Morgan fingerprint density at radius 2 is 2.06 bits per heavy atom. The van der Waals surface area contributed by atoms with Gasteiger partial charge >= 0.3 is 0 Å². The highest BCUT2D eigenvalue weighted by Crippen LogP contribution is 2.49. The van der Waals surface area contributed by atoms with Crippen LogP contribution in [0.25, 0.3) is 0 Å². The molecule has 1 fully saturated rings. The lowest BCUT2D eigenvalue weighted by atomic mass is 9.59. The third-order valence-electron chi connectivity index (χ3n) is 5.01. The molecule has 100 valence electrons. The second-order valence-corrected chi connectivity index (χ2v) is 6.11. The van der Waals surface area contributed by atoms with Crippen molar-refractivity contribution in [3.8, 4) is 0 Å². The molecule has 0 bridgehead atoms. The van der Waals surface area contributed by atoms with Crippen LogP contribution in [-0.2, 0) is 9.59 Å². The van der Waals surface area contributed by atoms with Crippen molar-refractivity contribution in [2.45, 2.75) is 46.5 Å². The average molecular weight is 250 g/mol. The van der Waals surface area contributed by atoms with Crippen LogP contribution in [0.3, 0.4) is 0 Å². The molecule has 18 heavy (non-hydrogen) atoms. The Bertz CT molecular complexity index is 421. The zero-order valence-corrected chi connectivity index (χ0v) is 11.5. The number of hydrogen-bond donors (Lipinski definition) is 1. The van der Waals surface area contributed by atoms with Gasteiger partial charge in [-0.25, -0.2) is 0 Å². The average Bonchev–Trinajstić information content (AvgIpc) is 2.36. The molecule has 0 saturated heterocycles. The molecule has 0 aromatic rings. The molecule has 3 heteroatoms. The van der Waals surface area contributed by atoms with Gasteiger partial charge in [0.15, 0.2) is 5.78 Å². The SMILES string of the molecule is CC1=C2C[C@H](C(C)CO)CC(=O)[C@@]2(C)CCC1=O. The summed E-state index contributed by atoms with van der Waals surface area (Å²) in [6, 6.07) is 0. The Kier molecular flexibility index (Phi) is 3.45. The van der Waals surface area contributed by atoms with Crippen LogP contribution < -0.4 is 0 Å². The summed E-state index contributed by atoms with van der Waals surface area (Å²) in [5.41, 5.74) is 1.43. The van der Waals surface area contributed by atoms with Crippen molar-refractivity contribution in [3.05, 3.63) is 11.1 Å². The Balaban J connectivity index is 2.38. The quantitative estimate of drug-likeness (QED) is 0.818. The fraction of sp³-hybridized carbons (Fsp3) is 0.733. The summed E-state index contributed by atoms with van der Waals surface area (Å²) < 4.78 is 0. The summed E-state index contributed by atoms with van der Waals surface area (Å²) in [6.07, 6.45) is 2.50. The summed E-state index contributed by atoms with van der Waals surface area (Å²) in [7, 11) is 0. The number of hydrogen-bond acceptors (Lipinski definition) is 3. The van der Waals surface area contributed by atoms with Crippen LogP contribution in [0.1, 0.15) is 46.5 Å². The predicted molar refractivity (Wildman–Crippen MR) is 69.0 cm³/mol. The van der Waals surface area contributed by atoms with E-state index in [1.54, 1.807) is 0 Å². The second kappa shape index (κ2) is 4.61. The fourth-order valence-corrected chi connectivity index (χ4v) is 3.32. The summed E-state index contributed by atoms with van der Waals surface area (Å²) in [5.74, 6) is 0.746. The Labute approximate surface area is 108 Å². The first-order valence-corrected chi connectivity index (χ1v) is 6.77. The van der Waals surface area contributed by atoms with E-state index < -0.39 is 5.41 Å². The highest BCUT2D eigenvalue weighted by Gasteiger charge is 2.46. The molecule has 0 amide bonds. The third-order valence-corrected chi connectivity index (χ3v) is 5.01. The number of fused-ring (bicyclic) bond motifs is 1. The van der Waals surface area contributed by atoms with Crippen LogP contribution in [-0.4, -0.2) is 23.3 Å². The molecule has 1 N–H and O–H groups in total. The highest BCUT2D eigenvalue weighted by molar-refractivity contribution is 6.01. The van der Waals surface area contributed by atoms with E-state index >= 15 is 0 Å². The normalized spacial score (nSPS) is 34.6. The number of ketones is 2. The Morgan fingerprint density at radius 1 is 1.39 bits per heavy atom. The van der Waals surface area contributed by atoms with E-state index in [4.69, 9.17) is 0 Å².